The molecule has 0 fully saturated rings. The van der Waals surface area contributed by atoms with E-state index >= 15 is 0 Å². The Morgan fingerprint density at radius 1 is 0.283 bits per heavy atom. The first-order valence-corrected chi connectivity index (χ1v) is 15.7. The molecule has 0 aliphatic carbocycles. The zero-order chi connectivity index (χ0) is 31.5. The first kappa shape index (κ1) is 29.1. The van der Waals surface area contributed by atoms with Gasteiger partial charge in [0, 0.05) is 16.7 Å². The minimum Gasteiger partial charge on any atom is -0.208 e. The van der Waals surface area contributed by atoms with Crippen LogP contribution in [0.25, 0.3) is 67.5 Å². The highest BCUT2D eigenvalue weighted by molar-refractivity contribution is 5.73. The van der Waals surface area contributed by atoms with Gasteiger partial charge in [-0.25, -0.2) is 15.0 Å². The highest BCUT2D eigenvalue weighted by Crippen LogP contribution is 2.31. The van der Waals surface area contributed by atoms with E-state index in [4.69, 9.17) is 15.0 Å². The van der Waals surface area contributed by atoms with Crippen LogP contribution in [0.3, 0.4) is 0 Å². The van der Waals surface area contributed by atoms with Crippen LogP contribution >= 0.6 is 0 Å². The molecule has 7 aromatic rings. The van der Waals surface area contributed by atoms with Gasteiger partial charge in [-0.3, -0.25) is 0 Å². The molecule has 0 atom stereocenters. The van der Waals surface area contributed by atoms with Gasteiger partial charge in [0.15, 0.2) is 17.5 Å². The van der Waals surface area contributed by atoms with E-state index in [1.165, 1.54) is 22.3 Å². The van der Waals surface area contributed by atoms with Crippen molar-refractivity contribution in [3.8, 4) is 67.5 Å². The van der Waals surface area contributed by atoms with Crippen molar-refractivity contribution < 1.29 is 0 Å². The summed E-state index contributed by atoms with van der Waals surface area (Å²) in [4.78, 5) is 14.9. The van der Waals surface area contributed by atoms with Crippen molar-refractivity contribution in [3.63, 3.8) is 0 Å². The Hall–Kier alpha value is -5.67. The Bertz CT molecular complexity index is 1960. The van der Waals surface area contributed by atoms with Crippen LogP contribution in [0.5, 0.6) is 0 Å². The second-order valence-corrected chi connectivity index (χ2v) is 12.6. The number of aromatic nitrogens is 3. The van der Waals surface area contributed by atoms with E-state index < -0.39 is 0 Å². The van der Waals surface area contributed by atoms with Gasteiger partial charge in [-0.2, -0.15) is 0 Å². The molecule has 0 aliphatic rings. The normalized spacial score (nSPS) is 11.4. The van der Waals surface area contributed by atoms with Crippen LogP contribution in [0, 0.1) is 0 Å². The van der Waals surface area contributed by atoms with E-state index in [1.807, 2.05) is 12.1 Å². The van der Waals surface area contributed by atoms with Gasteiger partial charge in [-0.15, -0.1) is 0 Å². The number of benzene rings is 6. The first-order chi connectivity index (χ1) is 22.4. The summed E-state index contributed by atoms with van der Waals surface area (Å²) < 4.78 is 0. The molecule has 0 radical (unpaired) electrons. The molecular formula is C43H35N3. The first-order valence-electron chi connectivity index (χ1n) is 15.7. The van der Waals surface area contributed by atoms with Gasteiger partial charge in [-0.1, -0.05) is 178 Å². The summed E-state index contributed by atoms with van der Waals surface area (Å²) in [6, 6.07) is 55.0. The van der Waals surface area contributed by atoms with Crippen molar-refractivity contribution in [1.82, 2.24) is 15.0 Å². The monoisotopic (exact) mass is 593 g/mol. The smallest absolute Gasteiger partial charge is 0.164 e. The molecular weight excluding hydrogens is 558 g/mol. The molecule has 0 unspecified atom stereocenters. The zero-order valence-corrected chi connectivity index (χ0v) is 26.4. The van der Waals surface area contributed by atoms with Crippen molar-refractivity contribution in [1.29, 1.82) is 0 Å². The fraction of sp³-hybridized carbons (Fsp3) is 0.0930. The number of nitrogens with zero attached hydrogens (tertiary/aromatic N) is 3. The quantitative estimate of drug-likeness (QED) is 0.192. The SMILES string of the molecule is CC(C)(C)c1ccc(-c2ccc(-c3nc(-c4ccc(-c5ccccc5)cc4)nc(-c4ccc(-c5ccccc5)cc4)n3)cc2)cc1. The van der Waals surface area contributed by atoms with Crippen molar-refractivity contribution in [3.05, 3.63) is 163 Å². The zero-order valence-electron chi connectivity index (χ0n) is 26.4. The number of rotatable bonds is 6. The second kappa shape index (κ2) is 12.4. The summed E-state index contributed by atoms with van der Waals surface area (Å²) in [6.45, 7) is 6.72. The van der Waals surface area contributed by atoms with Crippen molar-refractivity contribution in [2.45, 2.75) is 26.2 Å². The van der Waals surface area contributed by atoms with Gasteiger partial charge < -0.3 is 0 Å². The molecule has 7 rings (SSSR count). The van der Waals surface area contributed by atoms with E-state index in [0.717, 1.165) is 33.4 Å². The third kappa shape index (κ3) is 6.27. The maximum absolute atomic E-state index is 4.99. The van der Waals surface area contributed by atoms with Gasteiger partial charge in [0.25, 0.3) is 0 Å². The van der Waals surface area contributed by atoms with Crippen molar-refractivity contribution in [2.24, 2.45) is 0 Å². The minimum atomic E-state index is 0.125. The molecule has 0 N–H and O–H groups in total. The molecule has 0 aliphatic heterocycles. The molecule has 1 aromatic heterocycles. The lowest BCUT2D eigenvalue weighted by molar-refractivity contribution is 0.590. The third-order valence-corrected chi connectivity index (χ3v) is 8.36. The molecule has 3 heteroatoms. The number of hydrogen-bond donors (Lipinski definition) is 0. The van der Waals surface area contributed by atoms with Gasteiger partial charge in [-0.05, 0) is 44.4 Å². The van der Waals surface area contributed by atoms with Crippen LogP contribution in [-0.2, 0) is 5.41 Å². The molecule has 6 aromatic carbocycles. The molecule has 222 valence electrons. The molecule has 0 saturated heterocycles. The van der Waals surface area contributed by atoms with E-state index in [0.29, 0.717) is 17.5 Å². The van der Waals surface area contributed by atoms with Crippen molar-refractivity contribution >= 4 is 0 Å². The average molecular weight is 594 g/mol. The molecule has 0 amide bonds. The minimum absolute atomic E-state index is 0.125. The Labute approximate surface area is 271 Å². The molecule has 1 heterocycles. The van der Waals surface area contributed by atoms with E-state index in [2.05, 4.69) is 166 Å². The molecule has 0 spiro atoms. The Morgan fingerprint density at radius 2 is 0.522 bits per heavy atom. The van der Waals surface area contributed by atoms with Gasteiger partial charge in [0.05, 0.1) is 0 Å². The Morgan fingerprint density at radius 3 is 0.804 bits per heavy atom. The van der Waals surface area contributed by atoms with Gasteiger partial charge in [0.2, 0.25) is 0 Å². The summed E-state index contributed by atoms with van der Waals surface area (Å²) >= 11 is 0. The van der Waals surface area contributed by atoms with Crippen LogP contribution in [0.4, 0.5) is 0 Å². The van der Waals surface area contributed by atoms with E-state index in [9.17, 15) is 0 Å². The van der Waals surface area contributed by atoms with Crippen LogP contribution in [0.1, 0.15) is 26.3 Å². The van der Waals surface area contributed by atoms with Crippen molar-refractivity contribution in [2.75, 3.05) is 0 Å². The van der Waals surface area contributed by atoms with Crippen LogP contribution in [-0.4, -0.2) is 15.0 Å². The lowest BCUT2D eigenvalue weighted by Gasteiger charge is -2.19. The third-order valence-electron chi connectivity index (χ3n) is 8.36. The highest BCUT2D eigenvalue weighted by atomic mass is 15.0. The summed E-state index contributed by atoms with van der Waals surface area (Å²) in [6.07, 6.45) is 0. The van der Waals surface area contributed by atoms with E-state index in [1.54, 1.807) is 0 Å². The van der Waals surface area contributed by atoms with Crippen LogP contribution in [0.2, 0.25) is 0 Å². The lowest BCUT2D eigenvalue weighted by atomic mass is 9.86. The maximum atomic E-state index is 4.99. The Balaban J connectivity index is 1.26. The lowest BCUT2D eigenvalue weighted by Crippen LogP contribution is -2.10. The summed E-state index contributed by atoms with van der Waals surface area (Å²) in [5, 5.41) is 0. The van der Waals surface area contributed by atoms with Crippen LogP contribution < -0.4 is 0 Å². The standard InChI is InChI=1S/C43H35N3/c1-43(2,3)39-28-26-35(27-29-39)34-18-24-38(25-19-34)42-45-40(36-20-14-32(15-21-36)30-10-6-4-7-11-30)44-41(46-42)37-22-16-33(17-23-37)31-12-8-5-9-13-31/h4-29H,1-3H3. The average Bonchev–Trinajstić information content (AvgIpc) is 3.12. The summed E-state index contributed by atoms with van der Waals surface area (Å²) in [5.74, 6) is 1.94. The predicted molar refractivity (Wildman–Crippen MR) is 191 cm³/mol. The van der Waals surface area contributed by atoms with E-state index in [-0.39, 0.29) is 5.41 Å². The molecule has 3 nitrogen and oxygen atoms in total. The maximum Gasteiger partial charge on any atom is 0.164 e. The fourth-order valence-corrected chi connectivity index (χ4v) is 5.62. The predicted octanol–water partition coefficient (Wildman–Crippen LogP) is 11.2. The summed E-state index contributed by atoms with van der Waals surface area (Å²) in [5.41, 5.74) is 11.3. The van der Waals surface area contributed by atoms with Gasteiger partial charge >= 0.3 is 0 Å². The number of hydrogen-bond acceptors (Lipinski definition) is 3. The molecule has 0 bridgehead atoms. The van der Waals surface area contributed by atoms with Gasteiger partial charge in [0.1, 0.15) is 0 Å². The second-order valence-electron chi connectivity index (χ2n) is 12.6. The fourth-order valence-electron chi connectivity index (χ4n) is 5.62. The largest absolute Gasteiger partial charge is 0.208 e. The Kier molecular flexibility index (Phi) is 7.82. The molecule has 0 saturated carbocycles. The summed E-state index contributed by atoms with van der Waals surface area (Å²) in [7, 11) is 0. The highest BCUT2D eigenvalue weighted by Gasteiger charge is 2.15. The topological polar surface area (TPSA) is 38.7 Å². The van der Waals surface area contributed by atoms with Crippen LogP contribution in [0.15, 0.2) is 158 Å². The molecule has 46 heavy (non-hydrogen) atoms.